The van der Waals surface area contributed by atoms with Gasteiger partial charge in [0.2, 0.25) is 5.91 Å². The van der Waals surface area contributed by atoms with Crippen LogP contribution in [0, 0.1) is 6.92 Å². The monoisotopic (exact) mass is 362 g/mol. The molecule has 1 aromatic carbocycles. The van der Waals surface area contributed by atoms with Gasteiger partial charge in [-0.1, -0.05) is 29.8 Å². The number of carbonyl (C=O) groups is 2. The first kappa shape index (κ1) is 20.3. The van der Waals surface area contributed by atoms with Crippen molar-refractivity contribution in [3.8, 4) is 0 Å². The maximum atomic E-state index is 13.1. The number of hydrogen-bond acceptors (Lipinski definition) is 4. The number of esters is 1. The second-order valence-corrected chi connectivity index (χ2v) is 5.73. The zero-order chi connectivity index (χ0) is 17.0. The first-order chi connectivity index (χ1) is 10.8. The van der Waals surface area contributed by atoms with Crippen molar-refractivity contribution in [2.45, 2.75) is 31.2 Å². The first-order valence-corrected chi connectivity index (χ1v) is 7.36. The fraction of sp³-hybridized carbons (Fsp3) is 0.500. The van der Waals surface area contributed by atoms with Crippen molar-refractivity contribution >= 4 is 24.3 Å². The molecule has 1 aromatic rings. The van der Waals surface area contributed by atoms with Crippen LogP contribution < -0.4 is 10.6 Å². The van der Waals surface area contributed by atoms with E-state index in [1.54, 1.807) is 12.1 Å². The van der Waals surface area contributed by atoms with Crippen molar-refractivity contribution in [2.24, 2.45) is 0 Å². The number of ether oxygens (including phenoxy) is 1. The summed E-state index contributed by atoms with van der Waals surface area (Å²) in [6.45, 7) is 1.41. The number of hydrogen-bond donors (Lipinski definition) is 2. The third kappa shape index (κ3) is 5.14. The number of carbonyl (C=O) groups excluding carboxylic acids is 2. The molecule has 1 fully saturated rings. The van der Waals surface area contributed by atoms with Crippen LogP contribution in [-0.4, -0.2) is 44.0 Å². The number of alkyl halides is 2. The average molecular weight is 363 g/mol. The summed E-state index contributed by atoms with van der Waals surface area (Å²) >= 11 is 0. The molecule has 0 saturated carbocycles. The molecule has 1 aliphatic rings. The lowest BCUT2D eigenvalue weighted by Crippen LogP contribution is -2.42. The van der Waals surface area contributed by atoms with Gasteiger partial charge in [-0.2, -0.15) is 0 Å². The van der Waals surface area contributed by atoms with Crippen LogP contribution in [0.15, 0.2) is 24.3 Å². The Morgan fingerprint density at radius 2 is 2.00 bits per heavy atom. The molecule has 8 heteroatoms. The van der Waals surface area contributed by atoms with Gasteiger partial charge in [0.15, 0.2) is 0 Å². The highest BCUT2D eigenvalue weighted by Crippen LogP contribution is 2.25. The van der Waals surface area contributed by atoms with Gasteiger partial charge in [-0.25, -0.2) is 8.78 Å². The minimum Gasteiger partial charge on any atom is -0.468 e. The smallest absolute Gasteiger partial charge is 0.314 e. The normalized spacial score (nSPS) is 19.9. The molecule has 2 N–H and O–H groups in total. The van der Waals surface area contributed by atoms with Crippen LogP contribution in [0.1, 0.15) is 23.5 Å². The maximum absolute atomic E-state index is 13.1. The SMILES string of the molecule is COC(=O)C(CNC(=O)C1CC(F)(F)CN1)c1ccc(C)cc1.Cl. The minimum absolute atomic E-state index is 0. The van der Waals surface area contributed by atoms with Crippen LogP contribution in [-0.2, 0) is 14.3 Å². The Morgan fingerprint density at radius 1 is 1.38 bits per heavy atom. The summed E-state index contributed by atoms with van der Waals surface area (Å²) in [5.41, 5.74) is 1.74. The van der Waals surface area contributed by atoms with E-state index in [4.69, 9.17) is 4.74 Å². The van der Waals surface area contributed by atoms with Gasteiger partial charge in [0, 0.05) is 13.0 Å². The molecular weight excluding hydrogens is 342 g/mol. The Hall–Kier alpha value is -1.73. The Morgan fingerprint density at radius 3 is 2.50 bits per heavy atom. The lowest BCUT2D eigenvalue weighted by Gasteiger charge is -2.18. The van der Waals surface area contributed by atoms with Gasteiger partial charge in [-0.05, 0) is 12.5 Å². The van der Waals surface area contributed by atoms with Gasteiger partial charge in [0.25, 0.3) is 5.92 Å². The van der Waals surface area contributed by atoms with E-state index in [-0.39, 0.29) is 19.0 Å². The van der Waals surface area contributed by atoms with Gasteiger partial charge < -0.3 is 10.1 Å². The van der Waals surface area contributed by atoms with Gasteiger partial charge in [-0.15, -0.1) is 12.4 Å². The molecule has 5 nitrogen and oxygen atoms in total. The van der Waals surface area contributed by atoms with Gasteiger partial charge >= 0.3 is 5.97 Å². The quantitative estimate of drug-likeness (QED) is 0.784. The molecular formula is C16H21ClF2N2O3. The van der Waals surface area contributed by atoms with E-state index >= 15 is 0 Å². The van der Waals surface area contributed by atoms with Crippen molar-refractivity contribution in [3.63, 3.8) is 0 Å². The Balaban J connectivity index is 0.00000288. The summed E-state index contributed by atoms with van der Waals surface area (Å²) in [4.78, 5) is 23.9. The standard InChI is InChI=1S/C16H20F2N2O3.ClH/c1-10-3-5-11(6-4-10)12(15(22)23-2)8-19-14(21)13-7-16(17,18)9-20-13;/h3-6,12-13,20H,7-9H2,1-2H3,(H,19,21);1H. The molecule has 1 heterocycles. The zero-order valence-electron chi connectivity index (χ0n) is 13.5. The van der Waals surface area contributed by atoms with Crippen LogP contribution in [0.25, 0.3) is 0 Å². The van der Waals surface area contributed by atoms with Crippen LogP contribution in [0.5, 0.6) is 0 Å². The third-order valence-corrected chi connectivity index (χ3v) is 3.87. The molecule has 2 rings (SSSR count). The highest BCUT2D eigenvalue weighted by Gasteiger charge is 2.42. The average Bonchev–Trinajstić information content (AvgIpc) is 2.88. The maximum Gasteiger partial charge on any atom is 0.314 e. The van der Waals surface area contributed by atoms with Gasteiger partial charge in [-0.3, -0.25) is 14.9 Å². The van der Waals surface area contributed by atoms with Gasteiger partial charge in [0.05, 0.1) is 25.6 Å². The predicted molar refractivity (Wildman–Crippen MR) is 87.5 cm³/mol. The van der Waals surface area contributed by atoms with E-state index in [0.29, 0.717) is 5.56 Å². The number of nitrogens with one attached hydrogen (secondary N) is 2. The lowest BCUT2D eigenvalue weighted by atomic mass is 9.98. The van der Waals surface area contributed by atoms with Crippen molar-refractivity contribution in [1.29, 1.82) is 0 Å². The van der Waals surface area contributed by atoms with E-state index in [0.717, 1.165) is 5.56 Å². The third-order valence-electron chi connectivity index (χ3n) is 3.87. The number of halogens is 3. The van der Waals surface area contributed by atoms with Crippen LogP contribution >= 0.6 is 12.4 Å². The number of amides is 1. The Kier molecular flexibility index (Phi) is 7.10. The van der Waals surface area contributed by atoms with Crippen molar-refractivity contribution in [1.82, 2.24) is 10.6 Å². The summed E-state index contributed by atoms with van der Waals surface area (Å²) in [6, 6.07) is 6.33. The lowest BCUT2D eigenvalue weighted by molar-refractivity contribution is -0.142. The topological polar surface area (TPSA) is 67.4 Å². The van der Waals surface area contributed by atoms with Crippen molar-refractivity contribution in [3.05, 3.63) is 35.4 Å². The molecule has 134 valence electrons. The van der Waals surface area contributed by atoms with Gasteiger partial charge in [0.1, 0.15) is 0 Å². The van der Waals surface area contributed by atoms with Crippen LogP contribution in [0.3, 0.4) is 0 Å². The number of rotatable bonds is 5. The summed E-state index contributed by atoms with van der Waals surface area (Å²) < 4.78 is 31.0. The second-order valence-electron chi connectivity index (χ2n) is 5.73. The highest BCUT2D eigenvalue weighted by atomic mass is 35.5. The molecule has 2 unspecified atom stereocenters. The molecule has 0 spiro atoms. The summed E-state index contributed by atoms with van der Waals surface area (Å²) in [5.74, 6) is -4.57. The van der Waals surface area contributed by atoms with Crippen molar-refractivity contribution in [2.75, 3.05) is 20.2 Å². The molecule has 24 heavy (non-hydrogen) atoms. The first-order valence-electron chi connectivity index (χ1n) is 7.36. The molecule has 0 radical (unpaired) electrons. The highest BCUT2D eigenvalue weighted by molar-refractivity contribution is 5.85. The van der Waals surface area contributed by atoms with E-state index in [2.05, 4.69) is 10.6 Å². The predicted octanol–water partition coefficient (Wildman–Crippen LogP) is 1.79. The van der Waals surface area contributed by atoms with E-state index in [1.807, 2.05) is 19.1 Å². The second kappa shape index (κ2) is 8.39. The number of benzene rings is 1. The Bertz CT molecular complexity index is 581. The minimum atomic E-state index is -2.87. The molecule has 0 bridgehead atoms. The summed E-state index contributed by atoms with van der Waals surface area (Å²) in [7, 11) is 1.27. The fourth-order valence-electron chi connectivity index (χ4n) is 2.51. The van der Waals surface area contributed by atoms with Crippen LogP contribution in [0.4, 0.5) is 8.78 Å². The summed E-state index contributed by atoms with van der Waals surface area (Å²) in [5, 5.41) is 5.04. The Labute approximate surface area is 145 Å². The zero-order valence-corrected chi connectivity index (χ0v) is 14.3. The fourth-order valence-corrected chi connectivity index (χ4v) is 2.51. The molecule has 1 aliphatic heterocycles. The van der Waals surface area contributed by atoms with E-state index in [9.17, 15) is 18.4 Å². The molecule has 0 aliphatic carbocycles. The molecule has 1 amide bonds. The molecule has 1 saturated heterocycles. The number of aryl methyl sites for hydroxylation is 1. The molecule has 2 atom stereocenters. The van der Waals surface area contributed by atoms with E-state index < -0.39 is 42.7 Å². The largest absolute Gasteiger partial charge is 0.468 e. The number of methoxy groups -OCH3 is 1. The van der Waals surface area contributed by atoms with Crippen molar-refractivity contribution < 1.29 is 23.1 Å². The summed E-state index contributed by atoms with van der Waals surface area (Å²) in [6.07, 6.45) is -0.535. The van der Waals surface area contributed by atoms with E-state index in [1.165, 1.54) is 7.11 Å². The van der Waals surface area contributed by atoms with Crippen LogP contribution in [0.2, 0.25) is 0 Å². The molecule has 0 aromatic heterocycles.